The Morgan fingerprint density at radius 3 is 2.08 bits per heavy atom. The predicted molar refractivity (Wildman–Crippen MR) is 183 cm³/mol. The van der Waals surface area contributed by atoms with E-state index in [1.165, 1.54) is 53.4 Å². The van der Waals surface area contributed by atoms with Crippen LogP contribution in [0.25, 0.3) is 0 Å². The first kappa shape index (κ1) is 36.9. The molecule has 0 radical (unpaired) electrons. The quantitative estimate of drug-likeness (QED) is 0.151. The molecule has 1 unspecified atom stereocenters. The van der Waals surface area contributed by atoms with Crippen LogP contribution in [0.1, 0.15) is 48.8 Å². The summed E-state index contributed by atoms with van der Waals surface area (Å²) in [5.41, 5.74) is -0.581. The minimum absolute atomic E-state index is 0.0437. The third-order valence-corrected chi connectivity index (χ3v) is 10.7. The Morgan fingerprint density at radius 2 is 1.46 bits per heavy atom. The van der Waals surface area contributed by atoms with Crippen molar-refractivity contribution < 1.29 is 35.6 Å². The second-order valence-corrected chi connectivity index (χ2v) is 14.5. The minimum Gasteiger partial charge on any atom is -0.352 e. The molecule has 1 saturated carbocycles. The third kappa shape index (κ3) is 9.22. The van der Waals surface area contributed by atoms with Gasteiger partial charge in [0.1, 0.15) is 18.4 Å². The van der Waals surface area contributed by atoms with Gasteiger partial charge in [0.05, 0.1) is 21.2 Å². The summed E-state index contributed by atoms with van der Waals surface area (Å²) >= 11 is 6.37. The van der Waals surface area contributed by atoms with Crippen LogP contribution < -0.4 is 9.62 Å². The van der Waals surface area contributed by atoms with Crippen LogP contribution in [0.2, 0.25) is 5.02 Å². The Labute approximate surface area is 293 Å². The van der Waals surface area contributed by atoms with E-state index in [0.29, 0.717) is 27.6 Å². The maximum Gasteiger partial charge on any atom is 0.416 e. The zero-order valence-corrected chi connectivity index (χ0v) is 28.5. The summed E-state index contributed by atoms with van der Waals surface area (Å²) in [6.07, 6.45) is -0.397. The van der Waals surface area contributed by atoms with Crippen LogP contribution in [0.4, 0.5) is 23.2 Å². The van der Waals surface area contributed by atoms with E-state index in [1.807, 2.05) is 0 Å². The zero-order valence-electron chi connectivity index (χ0n) is 27.0. The van der Waals surface area contributed by atoms with Gasteiger partial charge in [0.25, 0.3) is 10.0 Å². The fourth-order valence-electron chi connectivity index (χ4n) is 6.00. The van der Waals surface area contributed by atoms with Crippen molar-refractivity contribution in [2.75, 3.05) is 10.8 Å². The highest BCUT2D eigenvalue weighted by atomic mass is 35.5. The van der Waals surface area contributed by atoms with E-state index in [0.717, 1.165) is 38.2 Å². The van der Waals surface area contributed by atoms with Gasteiger partial charge in [-0.05, 0) is 66.4 Å². The number of hydrogen-bond acceptors (Lipinski definition) is 4. The first-order valence-electron chi connectivity index (χ1n) is 16.2. The molecule has 5 rings (SSSR count). The fourth-order valence-corrected chi connectivity index (χ4v) is 7.71. The highest BCUT2D eigenvalue weighted by molar-refractivity contribution is 7.92. The highest BCUT2D eigenvalue weighted by Crippen LogP contribution is 2.37. The monoisotopic (exact) mass is 729 g/mol. The molecule has 4 aromatic rings. The number of alkyl halides is 3. The average Bonchev–Trinajstić information content (AvgIpc) is 3.10. The van der Waals surface area contributed by atoms with Gasteiger partial charge in [-0.3, -0.25) is 13.9 Å². The number of nitrogens with zero attached hydrogens (tertiary/aromatic N) is 2. The summed E-state index contributed by atoms with van der Waals surface area (Å²) in [6, 6.07) is 22.1. The Balaban J connectivity index is 1.61. The van der Waals surface area contributed by atoms with Crippen molar-refractivity contribution in [3.63, 3.8) is 0 Å². The van der Waals surface area contributed by atoms with E-state index >= 15 is 0 Å². The lowest BCUT2D eigenvalue weighted by Gasteiger charge is -2.35. The van der Waals surface area contributed by atoms with Crippen molar-refractivity contribution in [2.24, 2.45) is 0 Å². The Hall–Kier alpha value is -4.42. The van der Waals surface area contributed by atoms with Crippen molar-refractivity contribution in [1.29, 1.82) is 0 Å². The number of benzene rings is 4. The molecule has 264 valence electrons. The van der Waals surface area contributed by atoms with E-state index in [-0.39, 0.29) is 28.9 Å². The number of sulfonamides is 1. The van der Waals surface area contributed by atoms with Gasteiger partial charge in [-0.2, -0.15) is 13.2 Å². The van der Waals surface area contributed by atoms with Crippen molar-refractivity contribution in [3.8, 4) is 0 Å². The molecule has 50 heavy (non-hydrogen) atoms. The fraction of sp³-hybridized carbons (Fsp3) is 0.297. The normalized spacial score (nSPS) is 14.5. The maximum atomic E-state index is 14.6. The van der Waals surface area contributed by atoms with Gasteiger partial charge in [-0.25, -0.2) is 12.8 Å². The van der Waals surface area contributed by atoms with Gasteiger partial charge < -0.3 is 10.2 Å². The molecular formula is C37H36ClF4N3O4S. The second kappa shape index (κ2) is 16.1. The number of amides is 2. The maximum absolute atomic E-state index is 14.6. The van der Waals surface area contributed by atoms with Crippen LogP contribution in [0.5, 0.6) is 0 Å². The molecule has 1 aliphatic carbocycles. The standard InChI is InChI=1S/C37H36ClF4N3O4S/c38-32-21-18-28(37(40,41)42)23-33(32)45(50(48,49)31-14-8-3-9-15-31)25-35(46)44(24-27-16-19-29(39)20-17-27)34(22-26-10-4-1-5-11-26)36(47)43-30-12-6-2-7-13-30/h1,3-5,8-11,14-21,23,30,34H,2,6-7,12-13,22,24-25H2,(H,43,47). The summed E-state index contributed by atoms with van der Waals surface area (Å²) in [5.74, 6) is -1.88. The molecule has 1 fully saturated rings. The van der Waals surface area contributed by atoms with Gasteiger partial charge in [0.15, 0.2) is 0 Å². The lowest BCUT2D eigenvalue weighted by molar-refractivity contribution is -0.140. The minimum atomic E-state index is -4.85. The van der Waals surface area contributed by atoms with E-state index in [2.05, 4.69) is 5.32 Å². The highest BCUT2D eigenvalue weighted by Gasteiger charge is 2.38. The number of halogens is 5. The molecule has 0 saturated heterocycles. The number of anilines is 1. The number of carbonyl (C=O) groups is 2. The molecule has 0 bridgehead atoms. The summed E-state index contributed by atoms with van der Waals surface area (Å²) in [5, 5.41) is 2.73. The van der Waals surface area contributed by atoms with E-state index in [9.17, 15) is 35.6 Å². The van der Waals surface area contributed by atoms with Crippen molar-refractivity contribution in [1.82, 2.24) is 10.2 Å². The molecule has 1 atom stereocenters. The largest absolute Gasteiger partial charge is 0.416 e. The molecule has 0 spiro atoms. The Kier molecular flexibility index (Phi) is 11.8. The third-order valence-electron chi connectivity index (χ3n) is 8.64. The Morgan fingerprint density at radius 1 is 0.840 bits per heavy atom. The van der Waals surface area contributed by atoms with Gasteiger partial charge in [-0.15, -0.1) is 0 Å². The molecule has 2 amide bonds. The molecule has 1 N–H and O–H groups in total. The lowest BCUT2D eigenvalue weighted by Crippen LogP contribution is -2.55. The van der Waals surface area contributed by atoms with Gasteiger partial charge >= 0.3 is 6.18 Å². The van der Waals surface area contributed by atoms with Crippen molar-refractivity contribution >= 4 is 39.1 Å². The van der Waals surface area contributed by atoms with E-state index in [1.54, 1.807) is 36.4 Å². The first-order valence-corrected chi connectivity index (χ1v) is 18.0. The van der Waals surface area contributed by atoms with Crippen LogP contribution in [0.15, 0.2) is 108 Å². The lowest BCUT2D eigenvalue weighted by atomic mass is 9.94. The molecule has 0 heterocycles. The number of carbonyl (C=O) groups excluding carboxylic acids is 2. The number of hydrogen-bond donors (Lipinski definition) is 1. The number of nitrogens with one attached hydrogen (secondary N) is 1. The Bertz CT molecular complexity index is 1870. The summed E-state index contributed by atoms with van der Waals surface area (Å²) < 4.78 is 84.4. The predicted octanol–water partition coefficient (Wildman–Crippen LogP) is 7.78. The second-order valence-electron chi connectivity index (χ2n) is 12.2. The smallest absolute Gasteiger partial charge is 0.352 e. The molecule has 0 aromatic heterocycles. The molecular weight excluding hydrogens is 694 g/mol. The summed E-state index contributed by atoms with van der Waals surface area (Å²) in [6.45, 7) is -1.23. The van der Waals surface area contributed by atoms with Gasteiger partial charge in [0.2, 0.25) is 11.8 Å². The average molecular weight is 730 g/mol. The SMILES string of the molecule is O=C(NC1CCCCC1)C(Cc1ccccc1)N(Cc1ccc(F)cc1)C(=O)CN(c1cc(C(F)(F)F)ccc1Cl)S(=O)(=O)c1ccccc1. The van der Waals surface area contributed by atoms with Crippen LogP contribution in [0.3, 0.4) is 0 Å². The van der Waals surface area contributed by atoms with Crippen LogP contribution in [-0.4, -0.2) is 43.8 Å². The van der Waals surface area contributed by atoms with E-state index in [4.69, 9.17) is 11.6 Å². The van der Waals surface area contributed by atoms with Crippen molar-refractivity contribution in [2.45, 2.75) is 68.2 Å². The first-order chi connectivity index (χ1) is 23.8. The van der Waals surface area contributed by atoms with Crippen molar-refractivity contribution in [3.05, 3.63) is 131 Å². The van der Waals surface area contributed by atoms with Gasteiger partial charge in [-0.1, -0.05) is 91.5 Å². The molecule has 1 aliphatic rings. The molecule has 4 aromatic carbocycles. The topological polar surface area (TPSA) is 86.8 Å². The summed E-state index contributed by atoms with van der Waals surface area (Å²) in [7, 11) is -4.69. The zero-order chi connectivity index (χ0) is 35.9. The van der Waals surface area contributed by atoms with Crippen LogP contribution >= 0.6 is 11.6 Å². The van der Waals surface area contributed by atoms with Crippen LogP contribution in [0, 0.1) is 5.82 Å². The van der Waals surface area contributed by atoms with Crippen LogP contribution in [-0.2, 0) is 38.8 Å². The van der Waals surface area contributed by atoms with Gasteiger partial charge in [0, 0.05) is 19.0 Å². The summed E-state index contributed by atoms with van der Waals surface area (Å²) in [4.78, 5) is 29.7. The van der Waals surface area contributed by atoms with E-state index < -0.39 is 57.7 Å². The molecule has 0 aliphatic heterocycles. The number of rotatable bonds is 12. The molecule has 13 heteroatoms. The molecule has 7 nitrogen and oxygen atoms in total.